The molecule has 0 spiro atoms. The summed E-state index contributed by atoms with van der Waals surface area (Å²) in [6.07, 6.45) is 10.5. The first-order chi connectivity index (χ1) is 9.66. The van der Waals surface area contributed by atoms with Gasteiger partial charge in [-0.15, -0.1) is 0 Å². The van der Waals surface area contributed by atoms with Gasteiger partial charge in [-0.2, -0.15) is 0 Å². The van der Waals surface area contributed by atoms with Crippen molar-refractivity contribution in [2.45, 2.75) is 81.9 Å². The molecular formula is C16H28N2O2. The van der Waals surface area contributed by atoms with Crippen LogP contribution in [0.1, 0.15) is 64.2 Å². The number of carbonyl (C=O) groups excluding carboxylic acids is 1. The van der Waals surface area contributed by atoms with Gasteiger partial charge in [0, 0.05) is 31.6 Å². The molecule has 1 amide bonds. The molecule has 3 fully saturated rings. The zero-order valence-electron chi connectivity index (χ0n) is 12.4. The summed E-state index contributed by atoms with van der Waals surface area (Å²) in [5.74, 6) is 0.220. The second-order valence-electron chi connectivity index (χ2n) is 7.03. The summed E-state index contributed by atoms with van der Waals surface area (Å²) in [5, 5.41) is 14.0. The highest BCUT2D eigenvalue weighted by molar-refractivity contribution is 5.76. The number of hydrogen-bond acceptors (Lipinski definition) is 3. The van der Waals surface area contributed by atoms with Gasteiger partial charge in [0.1, 0.15) is 0 Å². The Morgan fingerprint density at radius 2 is 1.95 bits per heavy atom. The highest BCUT2D eigenvalue weighted by Crippen LogP contribution is 2.32. The third kappa shape index (κ3) is 3.17. The summed E-state index contributed by atoms with van der Waals surface area (Å²) < 4.78 is 0. The summed E-state index contributed by atoms with van der Waals surface area (Å²) in [5.41, 5.74) is -0.473. The van der Waals surface area contributed by atoms with Crippen LogP contribution in [-0.4, -0.2) is 46.7 Å². The van der Waals surface area contributed by atoms with Gasteiger partial charge < -0.3 is 10.4 Å². The van der Waals surface area contributed by atoms with E-state index in [-0.39, 0.29) is 5.91 Å². The lowest BCUT2D eigenvalue weighted by Gasteiger charge is -2.39. The first-order valence-corrected chi connectivity index (χ1v) is 8.42. The average molecular weight is 280 g/mol. The smallest absolute Gasteiger partial charge is 0.220 e. The molecule has 0 unspecified atom stereocenters. The number of carbonyl (C=O) groups is 1. The highest BCUT2D eigenvalue weighted by Gasteiger charge is 2.40. The molecule has 1 aliphatic carbocycles. The van der Waals surface area contributed by atoms with Crippen molar-refractivity contribution >= 4 is 5.91 Å². The first-order valence-electron chi connectivity index (χ1n) is 8.42. The number of fused-ring (bicyclic) bond motifs is 1. The van der Waals surface area contributed by atoms with Crippen LogP contribution >= 0.6 is 0 Å². The fourth-order valence-corrected chi connectivity index (χ4v) is 4.33. The number of aliphatic hydroxyl groups is 1. The number of nitrogens with one attached hydrogen (secondary N) is 1. The van der Waals surface area contributed by atoms with E-state index in [1.807, 2.05) is 0 Å². The maximum atomic E-state index is 11.8. The molecule has 4 nitrogen and oxygen atoms in total. The minimum Gasteiger partial charge on any atom is -0.389 e. The van der Waals surface area contributed by atoms with E-state index < -0.39 is 5.60 Å². The molecule has 3 aliphatic rings. The molecule has 3 rings (SSSR count). The molecule has 0 aromatic carbocycles. The molecule has 2 N–H and O–H groups in total. The number of nitrogens with zero attached hydrogens (tertiary/aromatic N) is 1. The van der Waals surface area contributed by atoms with Crippen molar-refractivity contribution in [2.75, 3.05) is 13.1 Å². The third-order valence-corrected chi connectivity index (χ3v) is 5.44. The molecule has 0 bridgehead atoms. The van der Waals surface area contributed by atoms with Gasteiger partial charge in [0.15, 0.2) is 0 Å². The maximum absolute atomic E-state index is 11.8. The van der Waals surface area contributed by atoms with E-state index in [2.05, 4.69) is 10.2 Å². The van der Waals surface area contributed by atoms with Crippen molar-refractivity contribution in [3.05, 3.63) is 0 Å². The van der Waals surface area contributed by atoms with Gasteiger partial charge >= 0.3 is 0 Å². The van der Waals surface area contributed by atoms with Crippen LogP contribution in [0, 0.1) is 0 Å². The number of hydrogen-bond donors (Lipinski definition) is 2. The molecule has 4 heteroatoms. The van der Waals surface area contributed by atoms with Crippen molar-refractivity contribution in [1.29, 1.82) is 0 Å². The molecule has 2 saturated heterocycles. The van der Waals surface area contributed by atoms with Crippen LogP contribution in [-0.2, 0) is 4.79 Å². The zero-order chi connectivity index (χ0) is 14.0. The Bertz CT molecular complexity index is 352. The van der Waals surface area contributed by atoms with E-state index in [4.69, 9.17) is 0 Å². The molecule has 2 heterocycles. The van der Waals surface area contributed by atoms with Crippen LogP contribution < -0.4 is 5.32 Å². The lowest BCUT2D eigenvalue weighted by atomic mass is 9.84. The largest absolute Gasteiger partial charge is 0.389 e. The SMILES string of the molecule is O=C1CCCC[C@@H]2[C@H](CCN2CC2(O)CCCCC2)N1. The van der Waals surface area contributed by atoms with E-state index in [1.165, 1.54) is 12.8 Å². The van der Waals surface area contributed by atoms with Crippen LogP contribution in [0.25, 0.3) is 0 Å². The zero-order valence-corrected chi connectivity index (χ0v) is 12.4. The van der Waals surface area contributed by atoms with Gasteiger partial charge in [-0.25, -0.2) is 0 Å². The van der Waals surface area contributed by atoms with Crippen molar-refractivity contribution in [2.24, 2.45) is 0 Å². The minimum atomic E-state index is -0.473. The Morgan fingerprint density at radius 1 is 1.15 bits per heavy atom. The first kappa shape index (κ1) is 14.3. The van der Waals surface area contributed by atoms with E-state index in [1.54, 1.807) is 0 Å². The van der Waals surface area contributed by atoms with Gasteiger partial charge in [0.2, 0.25) is 5.91 Å². The molecule has 2 atom stereocenters. The van der Waals surface area contributed by atoms with Crippen LogP contribution in [0.15, 0.2) is 0 Å². The lowest BCUT2D eigenvalue weighted by Crippen LogP contribution is -2.51. The van der Waals surface area contributed by atoms with E-state index in [9.17, 15) is 9.90 Å². The standard InChI is InChI=1S/C16H28N2O2/c19-15-7-3-2-6-14-13(17-15)8-11-18(14)12-16(20)9-4-1-5-10-16/h13-14,20H,1-12H2,(H,17,19)/t13-,14+/m0/s1. The summed E-state index contributed by atoms with van der Waals surface area (Å²) in [6, 6.07) is 0.764. The van der Waals surface area contributed by atoms with Crippen LogP contribution in [0.4, 0.5) is 0 Å². The normalized spacial score (nSPS) is 35.0. The van der Waals surface area contributed by atoms with E-state index >= 15 is 0 Å². The molecule has 1 saturated carbocycles. The summed E-state index contributed by atoms with van der Waals surface area (Å²) in [7, 11) is 0. The number of rotatable bonds is 2. The monoisotopic (exact) mass is 280 g/mol. The van der Waals surface area contributed by atoms with Gasteiger partial charge in [-0.05, 0) is 32.1 Å². The Labute approximate surface area is 121 Å². The van der Waals surface area contributed by atoms with Crippen LogP contribution in [0.2, 0.25) is 0 Å². The van der Waals surface area contributed by atoms with Gasteiger partial charge in [0.25, 0.3) is 0 Å². The Hall–Kier alpha value is -0.610. The predicted octanol–water partition coefficient (Wildman–Crippen LogP) is 1.81. The van der Waals surface area contributed by atoms with Crippen molar-refractivity contribution in [1.82, 2.24) is 10.2 Å². The van der Waals surface area contributed by atoms with Gasteiger partial charge in [0.05, 0.1) is 5.60 Å². The lowest BCUT2D eigenvalue weighted by molar-refractivity contribution is -0.122. The quantitative estimate of drug-likeness (QED) is 0.811. The van der Waals surface area contributed by atoms with Crippen molar-refractivity contribution in [3.63, 3.8) is 0 Å². The number of β-amino-alcohol motifs (C(OH)–C–C–N with tert-alkyl or cyclic N) is 1. The Balaban J connectivity index is 1.63. The minimum absolute atomic E-state index is 0.220. The van der Waals surface area contributed by atoms with Gasteiger partial charge in [-0.3, -0.25) is 9.69 Å². The molecule has 0 aromatic heterocycles. The Kier molecular flexibility index (Phi) is 4.32. The number of likely N-dealkylation sites (tertiary alicyclic amines) is 1. The molecule has 0 radical (unpaired) electrons. The third-order valence-electron chi connectivity index (χ3n) is 5.44. The molecule has 20 heavy (non-hydrogen) atoms. The Morgan fingerprint density at radius 3 is 2.75 bits per heavy atom. The summed E-state index contributed by atoms with van der Waals surface area (Å²) in [6.45, 7) is 1.84. The fraction of sp³-hybridized carbons (Fsp3) is 0.938. The van der Waals surface area contributed by atoms with Crippen molar-refractivity contribution < 1.29 is 9.90 Å². The fourth-order valence-electron chi connectivity index (χ4n) is 4.33. The van der Waals surface area contributed by atoms with Crippen molar-refractivity contribution in [3.8, 4) is 0 Å². The summed E-state index contributed by atoms with van der Waals surface area (Å²) in [4.78, 5) is 14.2. The predicted molar refractivity (Wildman–Crippen MR) is 78.4 cm³/mol. The highest BCUT2D eigenvalue weighted by atomic mass is 16.3. The molecular weight excluding hydrogens is 252 g/mol. The second kappa shape index (κ2) is 6.02. The second-order valence-corrected chi connectivity index (χ2v) is 7.03. The van der Waals surface area contributed by atoms with E-state index in [0.717, 1.165) is 58.0 Å². The maximum Gasteiger partial charge on any atom is 0.220 e. The summed E-state index contributed by atoms with van der Waals surface area (Å²) >= 11 is 0. The molecule has 114 valence electrons. The number of amides is 1. The van der Waals surface area contributed by atoms with Crippen LogP contribution in [0.3, 0.4) is 0 Å². The average Bonchev–Trinajstić information content (AvgIpc) is 2.74. The van der Waals surface area contributed by atoms with Crippen LogP contribution in [0.5, 0.6) is 0 Å². The molecule has 2 aliphatic heterocycles. The van der Waals surface area contributed by atoms with E-state index in [0.29, 0.717) is 18.5 Å². The van der Waals surface area contributed by atoms with Gasteiger partial charge in [-0.1, -0.05) is 25.7 Å². The molecule has 0 aromatic rings. The topological polar surface area (TPSA) is 52.6 Å².